The summed E-state index contributed by atoms with van der Waals surface area (Å²) in [5.41, 5.74) is 5.86. The molecule has 96 valence electrons. The predicted octanol–water partition coefficient (Wildman–Crippen LogP) is 2.32. The minimum absolute atomic E-state index is 0.0258. The van der Waals surface area contributed by atoms with E-state index in [1.165, 1.54) is 18.5 Å². The lowest BCUT2D eigenvalue weighted by molar-refractivity contribution is 0.601. The van der Waals surface area contributed by atoms with Crippen LogP contribution in [0, 0.1) is 0 Å². The molecular weight excluding hydrogens is 388 g/mol. The number of halogens is 2. The molecule has 0 fully saturated rings. The van der Waals surface area contributed by atoms with Crippen LogP contribution in [0.4, 0.5) is 11.6 Å². The second-order valence-corrected chi connectivity index (χ2v) is 6.74. The molecule has 0 unspecified atom stereocenters. The van der Waals surface area contributed by atoms with Crippen LogP contribution in [-0.2, 0) is 10.0 Å². The number of aromatic amines is 1. The number of imidazole rings is 1. The third-order valence-corrected chi connectivity index (χ3v) is 4.84. The predicted molar refractivity (Wildman–Crippen MR) is 75.7 cm³/mol. The zero-order valence-electron chi connectivity index (χ0n) is 8.81. The zero-order chi connectivity index (χ0) is 13.3. The molecule has 1 heterocycles. The number of hydrogen-bond donors (Lipinski definition) is 3. The van der Waals surface area contributed by atoms with Crippen molar-refractivity contribution in [3.8, 4) is 0 Å². The third-order valence-electron chi connectivity index (χ3n) is 2.04. The monoisotopic (exact) mass is 394 g/mol. The first-order valence-corrected chi connectivity index (χ1v) is 7.74. The quantitative estimate of drug-likeness (QED) is 0.694. The molecule has 0 aliphatic heterocycles. The summed E-state index contributed by atoms with van der Waals surface area (Å²) < 4.78 is 27.7. The average molecular weight is 396 g/mol. The van der Waals surface area contributed by atoms with Crippen molar-refractivity contribution < 1.29 is 8.42 Å². The van der Waals surface area contributed by atoms with Gasteiger partial charge in [-0.15, -0.1) is 0 Å². The van der Waals surface area contributed by atoms with Gasteiger partial charge >= 0.3 is 0 Å². The Hall–Kier alpha value is -1.06. The van der Waals surface area contributed by atoms with Crippen molar-refractivity contribution in [2.45, 2.75) is 4.90 Å². The molecule has 0 radical (unpaired) electrons. The topological polar surface area (TPSA) is 101 Å². The number of nitrogen functional groups attached to an aromatic ring is 1. The van der Waals surface area contributed by atoms with E-state index >= 15 is 0 Å². The number of H-pyrrole nitrogens is 1. The van der Waals surface area contributed by atoms with Crippen LogP contribution >= 0.6 is 31.9 Å². The highest BCUT2D eigenvalue weighted by Gasteiger charge is 2.22. The van der Waals surface area contributed by atoms with Crippen molar-refractivity contribution in [1.82, 2.24) is 9.97 Å². The maximum absolute atomic E-state index is 12.2. The van der Waals surface area contributed by atoms with Crippen molar-refractivity contribution >= 4 is 53.5 Å². The van der Waals surface area contributed by atoms with Gasteiger partial charge in [0.15, 0.2) is 0 Å². The van der Waals surface area contributed by atoms with Gasteiger partial charge in [-0.05, 0) is 28.1 Å². The molecule has 0 bridgehead atoms. The van der Waals surface area contributed by atoms with E-state index in [2.05, 4.69) is 46.5 Å². The molecule has 6 nitrogen and oxygen atoms in total. The number of nitrogens with zero attached hydrogens (tertiary/aromatic N) is 1. The Balaban J connectivity index is 2.48. The van der Waals surface area contributed by atoms with Gasteiger partial charge in [0.1, 0.15) is 4.90 Å². The molecule has 18 heavy (non-hydrogen) atoms. The normalized spacial score (nSPS) is 11.4. The molecule has 1 aromatic carbocycles. The molecule has 0 aliphatic rings. The average Bonchev–Trinajstić information content (AvgIpc) is 2.66. The summed E-state index contributed by atoms with van der Waals surface area (Å²) in [6.45, 7) is 0. The highest BCUT2D eigenvalue weighted by atomic mass is 79.9. The number of anilines is 2. The van der Waals surface area contributed by atoms with Crippen molar-refractivity contribution in [2.24, 2.45) is 0 Å². The van der Waals surface area contributed by atoms with Crippen molar-refractivity contribution in [3.63, 3.8) is 0 Å². The standard InChI is InChI=1S/C9H8Br2N4O2S/c10-5-3-6(11)8(7(12)4-5)18(16,17)15-9-13-1-2-14-9/h1-4H,12H2,(H2,13,14,15). The largest absolute Gasteiger partial charge is 0.398 e. The SMILES string of the molecule is Nc1cc(Br)cc(Br)c1S(=O)(=O)Nc1ncc[nH]1. The number of hydrogen-bond acceptors (Lipinski definition) is 4. The summed E-state index contributed by atoms with van der Waals surface area (Å²) in [6.07, 6.45) is 2.95. The van der Waals surface area contributed by atoms with E-state index in [-0.39, 0.29) is 16.5 Å². The van der Waals surface area contributed by atoms with Gasteiger partial charge in [0.2, 0.25) is 5.95 Å². The third kappa shape index (κ3) is 2.68. The van der Waals surface area contributed by atoms with E-state index in [9.17, 15) is 8.42 Å². The number of benzene rings is 1. The van der Waals surface area contributed by atoms with Crippen LogP contribution in [0.1, 0.15) is 0 Å². The highest BCUT2D eigenvalue weighted by Crippen LogP contribution is 2.32. The molecule has 0 saturated heterocycles. The first-order chi connectivity index (χ1) is 8.40. The number of nitrogens with two attached hydrogens (primary N) is 1. The molecule has 1 aromatic heterocycles. The number of rotatable bonds is 3. The Morgan fingerprint density at radius 2 is 2.06 bits per heavy atom. The smallest absolute Gasteiger partial charge is 0.267 e. The number of sulfonamides is 1. The minimum Gasteiger partial charge on any atom is -0.398 e. The van der Waals surface area contributed by atoms with Gasteiger partial charge in [0.25, 0.3) is 10.0 Å². The summed E-state index contributed by atoms with van der Waals surface area (Å²) in [4.78, 5) is 6.41. The summed E-state index contributed by atoms with van der Waals surface area (Å²) in [7, 11) is -3.80. The van der Waals surface area contributed by atoms with E-state index in [0.717, 1.165) is 0 Å². The van der Waals surface area contributed by atoms with Crippen LogP contribution in [0.2, 0.25) is 0 Å². The Morgan fingerprint density at radius 3 is 2.61 bits per heavy atom. The fraction of sp³-hybridized carbons (Fsp3) is 0. The molecule has 4 N–H and O–H groups in total. The molecule has 0 spiro atoms. The lowest BCUT2D eigenvalue weighted by atomic mass is 10.3. The molecule has 0 atom stereocenters. The first-order valence-electron chi connectivity index (χ1n) is 4.67. The van der Waals surface area contributed by atoms with Gasteiger partial charge in [-0.25, -0.2) is 18.1 Å². The number of aromatic nitrogens is 2. The second kappa shape index (κ2) is 4.90. The Kier molecular flexibility index (Phi) is 3.64. The van der Waals surface area contributed by atoms with Gasteiger partial charge in [-0.3, -0.25) is 0 Å². The van der Waals surface area contributed by atoms with Gasteiger partial charge in [0, 0.05) is 21.3 Å². The molecule has 2 aromatic rings. The summed E-state index contributed by atoms with van der Waals surface area (Å²) in [5.74, 6) is 0.129. The summed E-state index contributed by atoms with van der Waals surface area (Å²) >= 11 is 6.41. The number of nitrogens with one attached hydrogen (secondary N) is 2. The maximum atomic E-state index is 12.2. The molecule has 0 amide bonds. The van der Waals surface area contributed by atoms with E-state index in [4.69, 9.17) is 5.73 Å². The fourth-order valence-corrected chi connectivity index (χ4v) is 4.41. The lowest BCUT2D eigenvalue weighted by Gasteiger charge is -2.10. The van der Waals surface area contributed by atoms with Crippen LogP contribution in [0.3, 0.4) is 0 Å². The maximum Gasteiger partial charge on any atom is 0.267 e. The van der Waals surface area contributed by atoms with E-state index in [1.807, 2.05) is 0 Å². The van der Waals surface area contributed by atoms with Gasteiger partial charge in [-0.1, -0.05) is 15.9 Å². The van der Waals surface area contributed by atoms with Crippen molar-refractivity contribution in [1.29, 1.82) is 0 Å². The van der Waals surface area contributed by atoms with Crippen LogP contribution in [-0.4, -0.2) is 18.4 Å². The molecular formula is C9H8Br2N4O2S. The lowest BCUT2D eigenvalue weighted by Crippen LogP contribution is -2.16. The summed E-state index contributed by atoms with van der Waals surface area (Å²) in [5, 5.41) is 0. The molecule has 0 aliphatic carbocycles. The van der Waals surface area contributed by atoms with Crippen molar-refractivity contribution in [2.75, 3.05) is 10.5 Å². The summed E-state index contributed by atoms with van der Waals surface area (Å²) in [6, 6.07) is 3.12. The van der Waals surface area contributed by atoms with Crippen LogP contribution < -0.4 is 10.5 Å². The highest BCUT2D eigenvalue weighted by molar-refractivity contribution is 9.11. The Morgan fingerprint density at radius 1 is 1.33 bits per heavy atom. The minimum atomic E-state index is -3.80. The van der Waals surface area contributed by atoms with E-state index in [0.29, 0.717) is 8.95 Å². The van der Waals surface area contributed by atoms with Gasteiger partial charge in [0.05, 0.1) is 5.69 Å². The van der Waals surface area contributed by atoms with Crippen LogP contribution in [0.15, 0.2) is 38.4 Å². The fourth-order valence-electron chi connectivity index (χ4n) is 1.36. The van der Waals surface area contributed by atoms with Crippen molar-refractivity contribution in [3.05, 3.63) is 33.5 Å². The van der Waals surface area contributed by atoms with Gasteiger partial charge in [-0.2, -0.15) is 0 Å². The zero-order valence-corrected chi connectivity index (χ0v) is 12.8. The molecule has 2 rings (SSSR count). The first kappa shape index (κ1) is 13.4. The Labute approximate surface area is 120 Å². The second-order valence-electron chi connectivity index (χ2n) is 3.35. The van der Waals surface area contributed by atoms with Crippen LogP contribution in [0.5, 0.6) is 0 Å². The van der Waals surface area contributed by atoms with Crippen LogP contribution in [0.25, 0.3) is 0 Å². The van der Waals surface area contributed by atoms with E-state index < -0.39 is 10.0 Å². The van der Waals surface area contributed by atoms with E-state index in [1.54, 1.807) is 6.07 Å². The molecule has 9 heteroatoms. The van der Waals surface area contributed by atoms with Gasteiger partial charge < -0.3 is 10.7 Å². The molecule has 0 saturated carbocycles. The Bertz CT molecular complexity index is 647.